The van der Waals surface area contributed by atoms with Crippen LogP contribution in [-0.2, 0) is 4.74 Å². The van der Waals surface area contributed by atoms with Gasteiger partial charge in [0.25, 0.3) is 0 Å². The summed E-state index contributed by atoms with van der Waals surface area (Å²) >= 11 is 0. The van der Waals surface area contributed by atoms with Crippen molar-refractivity contribution in [3.05, 3.63) is 0 Å². The quantitative estimate of drug-likeness (QED) is 0.111. The van der Waals surface area contributed by atoms with E-state index in [2.05, 4.69) is 27.7 Å². The Morgan fingerprint density at radius 1 is 0.455 bits per heavy atom. The van der Waals surface area contributed by atoms with E-state index < -0.39 is 0 Å². The summed E-state index contributed by atoms with van der Waals surface area (Å²) in [7, 11) is 1.83. The molecule has 0 unspecified atom stereocenters. The van der Waals surface area contributed by atoms with Crippen LogP contribution in [0.2, 0.25) is 0 Å². The smallest absolute Gasteiger partial charge is 0.102 e. The van der Waals surface area contributed by atoms with Crippen molar-refractivity contribution in [1.29, 1.82) is 0 Å². The summed E-state index contributed by atoms with van der Waals surface area (Å²) in [5.41, 5.74) is 0. The van der Waals surface area contributed by atoms with Crippen LogP contribution in [0.4, 0.5) is 0 Å². The van der Waals surface area contributed by atoms with Crippen LogP contribution in [0, 0.1) is 0 Å². The highest BCUT2D eigenvalue weighted by Gasteiger charge is 2.22. The van der Waals surface area contributed by atoms with E-state index >= 15 is 0 Å². The summed E-state index contributed by atoms with van der Waals surface area (Å²) in [6, 6.07) is 0. The molecule has 1 N–H and O–H groups in total. The highest BCUT2D eigenvalue weighted by Crippen LogP contribution is 2.16. The van der Waals surface area contributed by atoms with E-state index in [4.69, 9.17) is 4.74 Å². The lowest BCUT2D eigenvalue weighted by Gasteiger charge is -2.36. The first-order valence-electron chi connectivity index (χ1n) is 14.9. The fourth-order valence-corrected chi connectivity index (χ4v) is 5.45. The lowest BCUT2D eigenvalue weighted by Crippen LogP contribution is -2.50. The van der Waals surface area contributed by atoms with Gasteiger partial charge in [0.15, 0.2) is 0 Å². The van der Waals surface area contributed by atoms with Gasteiger partial charge >= 0.3 is 0 Å². The Bertz CT molecular complexity index is 395. The molecule has 0 aliphatic rings. The zero-order valence-electron chi connectivity index (χ0n) is 23.7. The molecule has 33 heavy (non-hydrogen) atoms. The van der Waals surface area contributed by atoms with Crippen molar-refractivity contribution in [1.82, 2.24) is 0 Å². The summed E-state index contributed by atoms with van der Waals surface area (Å²) in [4.78, 5) is 0. The molecule has 0 saturated heterocycles. The second kappa shape index (κ2) is 22.3. The topological polar surface area (TPSA) is 29.5 Å². The highest BCUT2D eigenvalue weighted by atomic mass is 16.5. The fourth-order valence-electron chi connectivity index (χ4n) is 5.45. The molecule has 200 valence electrons. The zero-order chi connectivity index (χ0) is 24.7. The van der Waals surface area contributed by atoms with E-state index in [1.807, 2.05) is 7.11 Å². The lowest BCUT2D eigenvalue weighted by molar-refractivity contribution is -0.925. The summed E-state index contributed by atoms with van der Waals surface area (Å²) in [5.74, 6) is 0. The molecule has 0 fully saturated rings. The van der Waals surface area contributed by atoms with Gasteiger partial charge in [-0.05, 0) is 53.4 Å². The molecule has 0 spiro atoms. The Labute approximate surface area is 209 Å². The summed E-state index contributed by atoms with van der Waals surface area (Å²) in [6.45, 7) is 19.9. The summed E-state index contributed by atoms with van der Waals surface area (Å²) in [5, 5.41) is 9.34. The van der Waals surface area contributed by atoms with E-state index in [0.717, 1.165) is 30.7 Å². The highest BCUT2D eigenvalue weighted by molar-refractivity contribution is 4.51. The number of hydrogen-bond acceptors (Lipinski definition) is 2. The number of unbranched alkanes of at least 4 members (excludes halogenated alkanes) is 13. The van der Waals surface area contributed by atoms with Gasteiger partial charge in [0.1, 0.15) is 13.1 Å². The van der Waals surface area contributed by atoms with Gasteiger partial charge in [-0.15, -0.1) is 0 Å². The number of ether oxygens (including phenoxy) is 1. The first kappa shape index (κ1) is 32.8. The summed E-state index contributed by atoms with van der Waals surface area (Å²) < 4.78 is 7.66. The van der Waals surface area contributed by atoms with Crippen LogP contribution in [0.15, 0.2) is 0 Å². The van der Waals surface area contributed by atoms with Gasteiger partial charge in [-0.25, -0.2) is 0 Å². The third kappa shape index (κ3) is 16.2. The molecule has 0 atom stereocenters. The Morgan fingerprint density at radius 3 is 1.03 bits per heavy atom. The number of likely N-dealkylation sites (N-methyl/N-ethyl adjacent to an activating group) is 2. The molecule has 0 radical (unpaired) electrons. The second-order valence-corrected chi connectivity index (χ2v) is 10.5. The number of rotatable bonds is 26. The van der Waals surface area contributed by atoms with Crippen LogP contribution in [0.5, 0.6) is 0 Å². The van der Waals surface area contributed by atoms with Crippen LogP contribution in [0.25, 0.3) is 0 Å². The van der Waals surface area contributed by atoms with Crippen LogP contribution in [0.1, 0.15) is 118 Å². The van der Waals surface area contributed by atoms with Crippen LogP contribution >= 0.6 is 0 Å². The third-order valence-electron chi connectivity index (χ3n) is 8.54. The van der Waals surface area contributed by atoms with Crippen LogP contribution in [-0.4, -0.2) is 86.8 Å². The molecular formula is C29H64N2O2+2. The van der Waals surface area contributed by atoms with Crippen LogP contribution < -0.4 is 0 Å². The molecule has 4 nitrogen and oxygen atoms in total. The Morgan fingerprint density at radius 2 is 0.758 bits per heavy atom. The standard InChI is InChI=1S/C29H64N2O2/c1-6-30(7-2,26-28-32)24-22-20-18-16-14-12-10-11-13-15-17-19-21-23-25-31(8-3,9-4)27-29-33-5/h32H,6-29H2,1-5H3/q+2. The predicted molar refractivity (Wildman–Crippen MR) is 146 cm³/mol. The molecule has 0 rings (SSSR count). The first-order valence-corrected chi connectivity index (χ1v) is 14.9. The predicted octanol–water partition coefficient (Wildman–Crippen LogP) is 6.80. The maximum absolute atomic E-state index is 9.34. The SMILES string of the molecule is CC[N+](CC)(CCO)CCCCCCCCCCCCCCCC[N+](CC)(CC)CCOC. The zero-order valence-corrected chi connectivity index (χ0v) is 23.7. The molecule has 0 bridgehead atoms. The Kier molecular flexibility index (Phi) is 22.2. The van der Waals surface area contributed by atoms with Gasteiger partial charge < -0.3 is 18.8 Å². The minimum absolute atomic E-state index is 0.328. The van der Waals surface area contributed by atoms with Crippen molar-refractivity contribution < 1.29 is 18.8 Å². The average molecular weight is 473 g/mol. The molecule has 0 heterocycles. The molecule has 0 saturated carbocycles. The molecule has 0 aromatic rings. The molecule has 0 aromatic heterocycles. The van der Waals surface area contributed by atoms with Crippen molar-refractivity contribution in [2.24, 2.45) is 0 Å². The molecular weight excluding hydrogens is 408 g/mol. The first-order chi connectivity index (χ1) is 16.1. The number of methoxy groups -OCH3 is 1. The van der Waals surface area contributed by atoms with Gasteiger partial charge in [0.05, 0.1) is 52.5 Å². The van der Waals surface area contributed by atoms with Gasteiger partial charge in [-0.3, -0.25) is 0 Å². The molecule has 4 heteroatoms. The monoisotopic (exact) mass is 472 g/mol. The molecule has 0 amide bonds. The molecule has 0 aliphatic heterocycles. The van der Waals surface area contributed by atoms with Crippen molar-refractivity contribution >= 4 is 0 Å². The maximum atomic E-state index is 9.34. The fraction of sp³-hybridized carbons (Fsp3) is 1.00. The molecule has 0 aliphatic carbocycles. The average Bonchev–Trinajstić information content (AvgIpc) is 2.85. The minimum Gasteiger partial charge on any atom is -0.391 e. The number of nitrogens with zero attached hydrogens (tertiary/aromatic N) is 2. The minimum atomic E-state index is 0.328. The van der Waals surface area contributed by atoms with Gasteiger partial charge in [-0.1, -0.05) is 64.2 Å². The number of quaternary nitrogens is 2. The number of hydrogen-bond donors (Lipinski definition) is 1. The van der Waals surface area contributed by atoms with Crippen molar-refractivity contribution in [3.63, 3.8) is 0 Å². The van der Waals surface area contributed by atoms with E-state index in [1.165, 1.54) is 127 Å². The van der Waals surface area contributed by atoms with E-state index in [1.54, 1.807) is 0 Å². The molecule has 0 aromatic carbocycles. The Hall–Kier alpha value is -0.160. The van der Waals surface area contributed by atoms with E-state index in [9.17, 15) is 5.11 Å². The second-order valence-electron chi connectivity index (χ2n) is 10.5. The maximum Gasteiger partial charge on any atom is 0.102 e. The largest absolute Gasteiger partial charge is 0.391 e. The van der Waals surface area contributed by atoms with Gasteiger partial charge in [-0.2, -0.15) is 0 Å². The summed E-state index contributed by atoms with van der Waals surface area (Å²) in [6.07, 6.45) is 19.8. The third-order valence-corrected chi connectivity index (χ3v) is 8.54. The Balaban J connectivity index is 3.50. The van der Waals surface area contributed by atoms with Crippen molar-refractivity contribution in [3.8, 4) is 0 Å². The van der Waals surface area contributed by atoms with E-state index in [-0.39, 0.29) is 0 Å². The normalized spacial score (nSPS) is 12.5. The number of aliphatic hydroxyl groups is 1. The van der Waals surface area contributed by atoms with Crippen LogP contribution in [0.3, 0.4) is 0 Å². The van der Waals surface area contributed by atoms with Crippen molar-refractivity contribution in [2.45, 2.75) is 118 Å². The van der Waals surface area contributed by atoms with E-state index in [0.29, 0.717) is 6.61 Å². The number of aliphatic hydroxyl groups excluding tert-OH is 1. The lowest BCUT2D eigenvalue weighted by atomic mass is 10.0. The van der Waals surface area contributed by atoms with Gasteiger partial charge in [0, 0.05) is 7.11 Å². The van der Waals surface area contributed by atoms with Gasteiger partial charge in [0.2, 0.25) is 0 Å². The van der Waals surface area contributed by atoms with Crippen molar-refractivity contribution in [2.75, 3.05) is 72.7 Å².